The van der Waals surface area contributed by atoms with E-state index < -0.39 is 0 Å². The summed E-state index contributed by atoms with van der Waals surface area (Å²) in [5.74, 6) is 0. The van der Waals surface area contributed by atoms with Crippen molar-refractivity contribution in [2.24, 2.45) is 0 Å². The molecule has 3 aromatic rings. The normalized spacial score (nSPS) is 12.6. The van der Waals surface area contributed by atoms with Crippen LogP contribution in [0.2, 0.25) is 0 Å². The fraction of sp³-hybridized carbons (Fsp3) is 0.261. The van der Waals surface area contributed by atoms with Crippen molar-refractivity contribution in [3.8, 4) is 0 Å². The molecule has 0 spiro atoms. The number of anilines is 1. The summed E-state index contributed by atoms with van der Waals surface area (Å²) < 4.78 is 0. The first kappa shape index (κ1) is 18.4. The second kappa shape index (κ2) is 7.46. The number of thiocarbonyl (C=S) groups is 1. The maximum Gasteiger partial charge on any atom is 0.171 e. The zero-order chi connectivity index (χ0) is 18.7. The highest BCUT2D eigenvalue weighted by atomic mass is 32.1. The van der Waals surface area contributed by atoms with E-state index in [-0.39, 0.29) is 11.5 Å². The summed E-state index contributed by atoms with van der Waals surface area (Å²) in [4.78, 5) is 0. The first-order chi connectivity index (χ1) is 12.3. The van der Waals surface area contributed by atoms with Gasteiger partial charge in [-0.3, -0.25) is 0 Å². The van der Waals surface area contributed by atoms with Crippen molar-refractivity contribution in [2.75, 3.05) is 5.32 Å². The monoisotopic (exact) mass is 362 g/mol. The molecule has 0 amide bonds. The Morgan fingerprint density at radius 1 is 0.885 bits per heavy atom. The van der Waals surface area contributed by atoms with Crippen molar-refractivity contribution >= 4 is 33.8 Å². The average Bonchev–Trinajstić information content (AvgIpc) is 2.61. The molecule has 1 unspecified atom stereocenters. The number of hydrogen-bond acceptors (Lipinski definition) is 1. The van der Waals surface area contributed by atoms with Crippen LogP contribution in [-0.4, -0.2) is 5.11 Å². The van der Waals surface area contributed by atoms with E-state index >= 15 is 0 Å². The number of rotatable bonds is 3. The lowest BCUT2D eigenvalue weighted by Gasteiger charge is -2.21. The standard InChI is InChI=1S/C23H26N2S/c1-16(17-12-14-19(15-13-17)23(2,3)4)24-22(26)25-21-11-7-9-18-8-5-6-10-20(18)21/h5-16H,1-4H3,(H2,24,25,26). The summed E-state index contributed by atoms with van der Waals surface area (Å²) in [5.41, 5.74) is 3.75. The smallest absolute Gasteiger partial charge is 0.171 e. The first-order valence-electron chi connectivity index (χ1n) is 9.00. The second-order valence-electron chi connectivity index (χ2n) is 7.72. The van der Waals surface area contributed by atoms with Crippen molar-refractivity contribution in [1.82, 2.24) is 5.32 Å². The van der Waals surface area contributed by atoms with E-state index in [0.717, 1.165) is 5.69 Å². The molecule has 0 radical (unpaired) electrons. The van der Waals surface area contributed by atoms with E-state index in [9.17, 15) is 0 Å². The van der Waals surface area contributed by atoms with Gasteiger partial charge in [-0.15, -0.1) is 0 Å². The molecule has 26 heavy (non-hydrogen) atoms. The number of nitrogens with one attached hydrogen (secondary N) is 2. The molecule has 0 aliphatic carbocycles. The van der Waals surface area contributed by atoms with Gasteiger partial charge in [0.1, 0.15) is 0 Å². The average molecular weight is 363 g/mol. The van der Waals surface area contributed by atoms with E-state index in [2.05, 4.69) is 86.9 Å². The molecule has 3 heteroatoms. The Morgan fingerprint density at radius 2 is 1.54 bits per heavy atom. The van der Waals surface area contributed by atoms with Gasteiger partial charge in [0, 0.05) is 11.1 Å². The van der Waals surface area contributed by atoms with Crippen molar-refractivity contribution in [3.63, 3.8) is 0 Å². The minimum Gasteiger partial charge on any atom is -0.356 e. The Bertz CT molecular complexity index is 902. The van der Waals surface area contributed by atoms with Gasteiger partial charge in [0.25, 0.3) is 0 Å². The summed E-state index contributed by atoms with van der Waals surface area (Å²) in [6.45, 7) is 8.82. The highest BCUT2D eigenvalue weighted by Gasteiger charge is 2.14. The van der Waals surface area contributed by atoms with Crippen LogP contribution < -0.4 is 10.6 Å². The highest BCUT2D eigenvalue weighted by molar-refractivity contribution is 7.80. The fourth-order valence-electron chi connectivity index (χ4n) is 3.04. The lowest BCUT2D eigenvalue weighted by molar-refractivity contribution is 0.589. The molecule has 0 aliphatic rings. The van der Waals surface area contributed by atoms with Gasteiger partial charge in [-0.1, -0.05) is 81.4 Å². The van der Waals surface area contributed by atoms with Crippen LogP contribution in [0.25, 0.3) is 10.8 Å². The molecule has 0 fully saturated rings. The molecule has 0 aliphatic heterocycles. The summed E-state index contributed by atoms with van der Waals surface area (Å²) in [7, 11) is 0. The zero-order valence-electron chi connectivity index (χ0n) is 15.8. The molecular weight excluding hydrogens is 336 g/mol. The SMILES string of the molecule is CC(NC(=S)Nc1cccc2ccccc12)c1ccc(C(C)(C)C)cc1. The number of benzene rings is 3. The molecule has 0 aromatic heterocycles. The molecule has 0 saturated carbocycles. The van der Waals surface area contributed by atoms with Crippen molar-refractivity contribution in [2.45, 2.75) is 39.2 Å². The number of hydrogen-bond donors (Lipinski definition) is 2. The number of fused-ring (bicyclic) bond motifs is 1. The molecular formula is C23H26N2S. The van der Waals surface area contributed by atoms with Gasteiger partial charge in [-0.05, 0) is 47.1 Å². The molecule has 2 nitrogen and oxygen atoms in total. The minimum atomic E-state index is 0.138. The van der Waals surface area contributed by atoms with E-state index in [4.69, 9.17) is 12.2 Å². The minimum absolute atomic E-state index is 0.138. The zero-order valence-corrected chi connectivity index (χ0v) is 16.7. The summed E-state index contributed by atoms with van der Waals surface area (Å²) in [6, 6.07) is 23.4. The summed E-state index contributed by atoms with van der Waals surface area (Å²) in [5, 5.41) is 9.73. The third-order valence-electron chi connectivity index (χ3n) is 4.66. The predicted molar refractivity (Wildman–Crippen MR) is 117 cm³/mol. The predicted octanol–water partition coefficient (Wildman–Crippen LogP) is 6.18. The van der Waals surface area contributed by atoms with Crippen LogP contribution in [0.3, 0.4) is 0 Å². The van der Waals surface area contributed by atoms with Crippen LogP contribution >= 0.6 is 12.2 Å². The van der Waals surface area contributed by atoms with E-state index in [0.29, 0.717) is 5.11 Å². The Labute approximate surface area is 161 Å². The van der Waals surface area contributed by atoms with Gasteiger partial charge < -0.3 is 10.6 Å². The Kier molecular flexibility index (Phi) is 5.28. The molecule has 1 atom stereocenters. The summed E-state index contributed by atoms with van der Waals surface area (Å²) in [6.07, 6.45) is 0. The van der Waals surface area contributed by atoms with Crippen LogP contribution in [0.15, 0.2) is 66.7 Å². The lowest BCUT2D eigenvalue weighted by atomic mass is 9.86. The molecule has 134 valence electrons. The summed E-state index contributed by atoms with van der Waals surface area (Å²) >= 11 is 5.54. The molecule has 3 aromatic carbocycles. The van der Waals surface area contributed by atoms with Gasteiger partial charge >= 0.3 is 0 Å². The maximum atomic E-state index is 5.54. The van der Waals surface area contributed by atoms with Crippen molar-refractivity contribution < 1.29 is 0 Å². The van der Waals surface area contributed by atoms with E-state index in [1.54, 1.807) is 0 Å². The van der Waals surface area contributed by atoms with Gasteiger partial charge in [0.2, 0.25) is 0 Å². The van der Waals surface area contributed by atoms with Gasteiger partial charge in [0.15, 0.2) is 5.11 Å². The van der Waals surface area contributed by atoms with E-state index in [1.807, 2.05) is 18.2 Å². The van der Waals surface area contributed by atoms with Crippen LogP contribution in [0.1, 0.15) is 44.9 Å². The Morgan fingerprint density at radius 3 is 2.23 bits per heavy atom. The van der Waals surface area contributed by atoms with Gasteiger partial charge in [0.05, 0.1) is 6.04 Å². The van der Waals surface area contributed by atoms with Crippen LogP contribution in [0.5, 0.6) is 0 Å². The third kappa shape index (κ3) is 4.23. The largest absolute Gasteiger partial charge is 0.356 e. The van der Waals surface area contributed by atoms with Gasteiger partial charge in [-0.25, -0.2) is 0 Å². The van der Waals surface area contributed by atoms with Crippen LogP contribution in [0, 0.1) is 0 Å². The molecule has 0 bridgehead atoms. The quantitative estimate of drug-likeness (QED) is 0.544. The third-order valence-corrected chi connectivity index (χ3v) is 4.88. The van der Waals surface area contributed by atoms with Crippen molar-refractivity contribution in [1.29, 1.82) is 0 Å². The maximum absolute atomic E-state index is 5.54. The highest BCUT2D eigenvalue weighted by Crippen LogP contribution is 2.25. The van der Waals surface area contributed by atoms with Crippen LogP contribution in [-0.2, 0) is 5.41 Å². The lowest BCUT2D eigenvalue weighted by Crippen LogP contribution is -2.31. The second-order valence-corrected chi connectivity index (χ2v) is 8.13. The molecule has 0 heterocycles. The van der Waals surface area contributed by atoms with E-state index in [1.165, 1.54) is 21.9 Å². The molecule has 3 rings (SSSR count). The Balaban J connectivity index is 1.69. The van der Waals surface area contributed by atoms with Gasteiger partial charge in [-0.2, -0.15) is 0 Å². The molecule has 2 N–H and O–H groups in total. The van der Waals surface area contributed by atoms with Crippen LogP contribution in [0.4, 0.5) is 5.69 Å². The topological polar surface area (TPSA) is 24.1 Å². The Hall–Kier alpha value is -2.39. The molecule has 0 saturated heterocycles. The first-order valence-corrected chi connectivity index (χ1v) is 9.41. The van der Waals surface area contributed by atoms with Crippen molar-refractivity contribution in [3.05, 3.63) is 77.9 Å². The fourth-order valence-corrected chi connectivity index (χ4v) is 3.33.